The zero-order valence-electron chi connectivity index (χ0n) is 17.3. The number of nitrogens with zero attached hydrogens (tertiary/aromatic N) is 4. The van der Waals surface area contributed by atoms with E-state index in [-0.39, 0.29) is 22.9 Å². The number of anilines is 1. The van der Waals surface area contributed by atoms with Crippen LogP contribution in [-0.4, -0.2) is 37.9 Å². The normalized spacial score (nSPS) is 15.5. The summed E-state index contributed by atoms with van der Waals surface area (Å²) in [4.78, 5) is 39.9. The highest BCUT2D eigenvalue weighted by Gasteiger charge is 2.39. The van der Waals surface area contributed by atoms with Crippen molar-refractivity contribution in [2.75, 3.05) is 11.4 Å². The molecule has 0 spiro atoms. The number of halogens is 1. The highest BCUT2D eigenvalue weighted by molar-refractivity contribution is 7.80. The van der Waals surface area contributed by atoms with Crippen LogP contribution < -0.4 is 4.90 Å². The van der Waals surface area contributed by atoms with Crippen molar-refractivity contribution in [2.45, 2.75) is 6.92 Å². The molecule has 2 aromatic carbocycles. The van der Waals surface area contributed by atoms with Crippen molar-refractivity contribution in [2.24, 2.45) is 0 Å². The molecule has 0 atom stereocenters. The molecule has 8 nitrogen and oxygen atoms in total. The lowest BCUT2D eigenvalue weighted by atomic mass is 10.1. The topological polar surface area (TPSA) is 88.7 Å². The van der Waals surface area contributed by atoms with Crippen molar-refractivity contribution < 1.29 is 14.5 Å². The average Bonchev–Trinajstić information content (AvgIpc) is 3.27. The number of nitro groups is 1. The van der Waals surface area contributed by atoms with Crippen LogP contribution in [0.3, 0.4) is 0 Å². The van der Waals surface area contributed by atoms with E-state index in [2.05, 4.69) is 0 Å². The lowest BCUT2D eigenvalue weighted by molar-refractivity contribution is -0.384. The SMILES string of the molecule is CCN1C(=O)/C(=C\c2cccn2-c2cccc([N+](=O)[O-])c2)C(=O)N(c2ccc(Cl)cc2)C1=S. The zero-order valence-corrected chi connectivity index (χ0v) is 18.9. The second-order valence-corrected chi connectivity index (χ2v) is 7.89. The van der Waals surface area contributed by atoms with E-state index in [4.69, 9.17) is 23.8 Å². The summed E-state index contributed by atoms with van der Waals surface area (Å²) in [6.07, 6.45) is 3.17. The lowest BCUT2D eigenvalue weighted by Gasteiger charge is -2.36. The summed E-state index contributed by atoms with van der Waals surface area (Å²) in [5.41, 5.74) is 1.37. The van der Waals surface area contributed by atoms with E-state index in [1.165, 1.54) is 28.0 Å². The molecule has 2 amide bonds. The molecule has 0 N–H and O–H groups in total. The van der Waals surface area contributed by atoms with Crippen LogP contribution in [0.5, 0.6) is 0 Å². The summed E-state index contributed by atoms with van der Waals surface area (Å²) in [7, 11) is 0. The van der Waals surface area contributed by atoms with E-state index >= 15 is 0 Å². The Labute approximate surface area is 199 Å². The molecule has 1 aromatic heterocycles. The second kappa shape index (κ2) is 8.97. The summed E-state index contributed by atoms with van der Waals surface area (Å²) in [6.45, 7) is 2.04. The first-order chi connectivity index (χ1) is 15.8. The maximum Gasteiger partial charge on any atom is 0.271 e. The smallest absolute Gasteiger partial charge is 0.271 e. The molecule has 0 unspecified atom stereocenters. The van der Waals surface area contributed by atoms with E-state index in [0.29, 0.717) is 22.1 Å². The number of aromatic nitrogens is 1. The third-order valence-electron chi connectivity index (χ3n) is 5.12. The van der Waals surface area contributed by atoms with Crippen LogP contribution in [0.2, 0.25) is 5.02 Å². The fourth-order valence-corrected chi connectivity index (χ4v) is 4.05. The van der Waals surface area contributed by atoms with Crippen molar-refractivity contribution >= 4 is 58.2 Å². The lowest BCUT2D eigenvalue weighted by Crippen LogP contribution is -2.56. The molecule has 4 rings (SSSR count). The number of benzene rings is 2. The molecule has 2 heterocycles. The van der Waals surface area contributed by atoms with Crippen molar-refractivity contribution in [1.82, 2.24) is 9.47 Å². The van der Waals surface area contributed by atoms with E-state index < -0.39 is 16.7 Å². The quantitative estimate of drug-likeness (QED) is 0.175. The number of nitro benzene ring substituents is 1. The third-order valence-corrected chi connectivity index (χ3v) is 5.78. The van der Waals surface area contributed by atoms with Crippen molar-refractivity contribution in [3.05, 3.63) is 93.3 Å². The Balaban J connectivity index is 1.80. The van der Waals surface area contributed by atoms with Gasteiger partial charge >= 0.3 is 0 Å². The van der Waals surface area contributed by atoms with Crippen LogP contribution >= 0.6 is 23.8 Å². The molecule has 10 heteroatoms. The van der Waals surface area contributed by atoms with Gasteiger partial charge in [0.05, 0.1) is 16.3 Å². The Morgan fingerprint density at radius 1 is 1.03 bits per heavy atom. The maximum atomic E-state index is 13.4. The molecule has 1 saturated heterocycles. The number of likely N-dealkylation sites (N-methyl/N-ethyl adjacent to an activating group) is 1. The Morgan fingerprint density at radius 3 is 2.42 bits per heavy atom. The number of amides is 2. The minimum atomic E-state index is -0.566. The summed E-state index contributed by atoms with van der Waals surface area (Å²) in [6, 6.07) is 16.1. The molecule has 0 radical (unpaired) electrons. The Hall–Kier alpha value is -3.82. The van der Waals surface area contributed by atoms with Gasteiger partial charge in [0.1, 0.15) is 5.57 Å². The second-order valence-electron chi connectivity index (χ2n) is 7.09. The van der Waals surface area contributed by atoms with Crippen LogP contribution in [-0.2, 0) is 9.59 Å². The highest BCUT2D eigenvalue weighted by atomic mass is 35.5. The molecule has 0 bridgehead atoms. The first kappa shape index (κ1) is 22.4. The number of non-ortho nitro benzene ring substituents is 1. The first-order valence-electron chi connectivity index (χ1n) is 9.91. The van der Waals surface area contributed by atoms with Crippen molar-refractivity contribution in [3.63, 3.8) is 0 Å². The summed E-state index contributed by atoms with van der Waals surface area (Å²) >= 11 is 11.4. The molecule has 1 aliphatic heterocycles. The minimum absolute atomic E-state index is 0.0685. The van der Waals surface area contributed by atoms with E-state index in [0.717, 1.165) is 0 Å². The average molecular weight is 481 g/mol. The molecule has 166 valence electrons. The predicted molar refractivity (Wildman–Crippen MR) is 129 cm³/mol. The largest absolute Gasteiger partial charge is 0.317 e. The highest BCUT2D eigenvalue weighted by Crippen LogP contribution is 2.28. The zero-order chi connectivity index (χ0) is 23.7. The van der Waals surface area contributed by atoms with Crippen LogP contribution in [0.25, 0.3) is 11.8 Å². The molecule has 3 aromatic rings. The van der Waals surface area contributed by atoms with Gasteiger partial charge < -0.3 is 4.57 Å². The molecule has 0 aliphatic carbocycles. The molecule has 33 heavy (non-hydrogen) atoms. The van der Waals surface area contributed by atoms with Gasteiger partial charge in [-0.25, -0.2) is 0 Å². The minimum Gasteiger partial charge on any atom is -0.317 e. The van der Waals surface area contributed by atoms with Gasteiger partial charge in [-0.05, 0) is 67.7 Å². The molecule has 1 fully saturated rings. The van der Waals surface area contributed by atoms with Gasteiger partial charge in [0.15, 0.2) is 5.11 Å². The van der Waals surface area contributed by atoms with Gasteiger partial charge in [0.25, 0.3) is 17.5 Å². The van der Waals surface area contributed by atoms with Crippen LogP contribution in [0.1, 0.15) is 12.6 Å². The number of hydrogen-bond acceptors (Lipinski definition) is 5. The number of carbonyl (C=O) groups excluding carboxylic acids is 2. The number of thiocarbonyl (C=S) groups is 1. The maximum absolute atomic E-state index is 13.4. The van der Waals surface area contributed by atoms with Gasteiger partial charge in [-0.3, -0.25) is 29.5 Å². The summed E-state index contributed by atoms with van der Waals surface area (Å²) < 4.78 is 1.66. The third kappa shape index (κ3) is 4.15. The molecular weight excluding hydrogens is 464 g/mol. The van der Waals surface area contributed by atoms with Crippen LogP contribution in [0, 0.1) is 10.1 Å². The van der Waals surface area contributed by atoms with Gasteiger partial charge in [0.2, 0.25) is 0 Å². The van der Waals surface area contributed by atoms with E-state index in [1.54, 1.807) is 66.2 Å². The van der Waals surface area contributed by atoms with Gasteiger partial charge in [-0.15, -0.1) is 0 Å². The number of hydrogen-bond donors (Lipinski definition) is 0. The number of carbonyl (C=O) groups is 2. The first-order valence-corrected chi connectivity index (χ1v) is 10.7. The van der Waals surface area contributed by atoms with Crippen LogP contribution in [0.4, 0.5) is 11.4 Å². The van der Waals surface area contributed by atoms with Crippen molar-refractivity contribution in [1.29, 1.82) is 0 Å². The predicted octanol–water partition coefficient (Wildman–Crippen LogP) is 4.60. The molecular formula is C23H17ClN4O4S. The van der Waals surface area contributed by atoms with E-state index in [1.807, 2.05) is 0 Å². The Morgan fingerprint density at radius 2 is 1.76 bits per heavy atom. The Kier molecular flexibility index (Phi) is 6.08. The van der Waals surface area contributed by atoms with Gasteiger partial charge in [-0.1, -0.05) is 17.7 Å². The molecule has 1 aliphatic rings. The summed E-state index contributed by atoms with van der Waals surface area (Å²) in [5.74, 6) is -1.08. The fourth-order valence-electron chi connectivity index (χ4n) is 3.52. The Bertz CT molecular complexity index is 1320. The van der Waals surface area contributed by atoms with E-state index in [9.17, 15) is 19.7 Å². The molecule has 0 saturated carbocycles. The standard InChI is InChI=1S/C23H17ClN4O4S/c1-2-25-21(29)20(22(30)27(23(25)33)16-10-8-15(24)9-11-16)14-18-7-4-12-26(18)17-5-3-6-19(13-17)28(31)32/h3-14H,2H2,1H3/b20-14+. The summed E-state index contributed by atoms with van der Waals surface area (Å²) in [5, 5.41) is 11.8. The fraction of sp³-hybridized carbons (Fsp3) is 0.0870. The van der Waals surface area contributed by atoms with Gasteiger partial charge in [0, 0.05) is 35.6 Å². The monoisotopic (exact) mass is 480 g/mol. The van der Waals surface area contributed by atoms with Gasteiger partial charge in [-0.2, -0.15) is 0 Å². The van der Waals surface area contributed by atoms with Crippen molar-refractivity contribution in [3.8, 4) is 5.69 Å². The number of rotatable bonds is 5. The van der Waals surface area contributed by atoms with Crippen LogP contribution in [0.15, 0.2) is 72.4 Å².